The zero-order valence-corrected chi connectivity index (χ0v) is 24.3. The number of rotatable bonds is 8. The van der Waals surface area contributed by atoms with Crippen molar-refractivity contribution in [1.82, 2.24) is 0 Å². The Morgan fingerprint density at radius 3 is 1.69 bits per heavy atom. The standard InChI is InChI=1S/C40H34O2/c1-3-5-25-41-37-28-35(38(42-26-6-4-2)27-34(37)16-15-29-11-8-7-9-12-29)22-18-30-17-19-33-21-20-31-13-10-14-32-23-24-36(30)40(33)39(31)32/h7-14,17,19-21,23-24,27-28H,3-6,25-26H2,1-2H3. The van der Waals surface area contributed by atoms with Gasteiger partial charge in [0.2, 0.25) is 0 Å². The van der Waals surface area contributed by atoms with Crippen LogP contribution in [0.25, 0.3) is 32.3 Å². The fraction of sp³-hybridized carbons (Fsp3) is 0.200. The molecule has 0 bridgehead atoms. The Bertz CT molecular complexity index is 1950. The summed E-state index contributed by atoms with van der Waals surface area (Å²) in [6, 6.07) is 33.6. The molecule has 0 saturated carbocycles. The maximum absolute atomic E-state index is 6.29. The van der Waals surface area contributed by atoms with Gasteiger partial charge in [0, 0.05) is 23.3 Å². The zero-order chi connectivity index (χ0) is 28.7. The average molecular weight is 547 g/mol. The molecule has 0 N–H and O–H groups in total. The van der Waals surface area contributed by atoms with E-state index in [-0.39, 0.29) is 0 Å². The van der Waals surface area contributed by atoms with Crippen molar-refractivity contribution in [3.8, 4) is 35.2 Å². The minimum atomic E-state index is 0.630. The third-order valence-electron chi connectivity index (χ3n) is 7.57. The minimum absolute atomic E-state index is 0.630. The molecule has 6 aromatic rings. The van der Waals surface area contributed by atoms with Crippen LogP contribution in [0.3, 0.4) is 0 Å². The Labute approximate surface area is 248 Å². The molecular formula is C40H34O2. The molecule has 6 rings (SSSR count). The predicted molar refractivity (Wildman–Crippen MR) is 176 cm³/mol. The lowest BCUT2D eigenvalue weighted by molar-refractivity contribution is 0.299. The van der Waals surface area contributed by atoms with E-state index in [4.69, 9.17) is 9.47 Å². The first-order chi connectivity index (χ1) is 20.7. The quantitative estimate of drug-likeness (QED) is 0.107. The van der Waals surface area contributed by atoms with E-state index in [9.17, 15) is 0 Å². The summed E-state index contributed by atoms with van der Waals surface area (Å²) >= 11 is 0. The monoisotopic (exact) mass is 546 g/mol. The molecule has 0 fully saturated rings. The van der Waals surface area contributed by atoms with Gasteiger partial charge in [-0.25, -0.2) is 0 Å². The van der Waals surface area contributed by atoms with E-state index in [1.807, 2.05) is 42.5 Å². The highest BCUT2D eigenvalue weighted by atomic mass is 16.5. The SMILES string of the molecule is CCCCOc1cc(C#Cc2ccc3ccc4cccc5ccc2c3c45)c(OCCCC)cc1C#Cc1ccccc1. The topological polar surface area (TPSA) is 18.5 Å². The normalized spacial score (nSPS) is 10.8. The molecule has 0 saturated heterocycles. The molecule has 0 atom stereocenters. The second kappa shape index (κ2) is 12.7. The van der Waals surface area contributed by atoms with Gasteiger partial charge in [-0.15, -0.1) is 0 Å². The smallest absolute Gasteiger partial charge is 0.136 e. The number of hydrogen-bond acceptors (Lipinski definition) is 2. The molecule has 6 aromatic carbocycles. The number of unbranched alkanes of at least 4 members (excludes halogenated alkanes) is 2. The first-order valence-electron chi connectivity index (χ1n) is 14.9. The van der Waals surface area contributed by atoms with Crippen LogP contribution in [0.4, 0.5) is 0 Å². The molecule has 0 heterocycles. The van der Waals surface area contributed by atoms with Crippen molar-refractivity contribution in [2.45, 2.75) is 39.5 Å². The largest absolute Gasteiger partial charge is 0.492 e. The molecule has 206 valence electrons. The van der Waals surface area contributed by atoms with E-state index in [1.54, 1.807) is 0 Å². The highest BCUT2D eigenvalue weighted by molar-refractivity contribution is 6.23. The van der Waals surface area contributed by atoms with Gasteiger partial charge in [0.25, 0.3) is 0 Å². The zero-order valence-electron chi connectivity index (χ0n) is 24.3. The van der Waals surface area contributed by atoms with Crippen molar-refractivity contribution in [1.29, 1.82) is 0 Å². The summed E-state index contributed by atoms with van der Waals surface area (Å²) in [7, 11) is 0. The van der Waals surface area contributed by atoms with Gasteiger partial charge in [-0.2, -0.15) is 0 Å². The van der Waals surface area contributed by atoms with E-state index in [0.717, 1.165) is 59.4 Å². The van der Waals surface area contributed by atoms with Gasteiger partial charge in [0.1, 0.15) is 11.5 Å². The van der Waals surface area contributed by atoms with Gasteiger partial charge >= 0.3 is 0 Å². The third kappa shape index (κ3) is 5.76. The lowest BCUT2D eigenvalue weighted by atomic mass is 9.92. The Kier molecular flexibility index (Phi) is 8.26. The van der Waals surface area contributed by atoms with Crippen molar-refractivity contribution in [3.05, 3.63) is 119 Å². The predicted octanol–water partition coefficient (Wildman–Crippen LogP) is 9.74. The van der Waals surface area contributed by atoms with Crippen LogP contribution < -0.4 is 9.47 Å². The third-order valence-corrected chi connectivity index (χ3v) is 7.57. The molecule has 0 radical (unpaired) electrons. The molecule has 0 spiro atoms. The molecule has 42 heavy (non-hydrogen) atoms. The maximum Gasteiger partial charge on any atom is 0.136 e. The summed E-state index contributed by atoms with van der Waals surface area (Å²) < 4.78 is 12.6. The Morgan fingerprint density at radius 2 is 1.05 bits per heavy atom. The second-order valence-corrected chi connectivity index (χ2v) is 10.6. The summed E-state index contributed by atoms with van der Waals surface area (Å²) in [5, 5.41) is 7.48. The summed E-state index contributed by atoms with van der Waals surface area (Å²) in [4.78, 5) is 0. The Balaban J connectivity index is 1.46. The van der Waals surface area contributed by atoms with Crippen molar-refractivity contribution < 1.29 is 9.47 Å². The summed E-state index contributed by atoms with van der Waals surface area (Å²) in [5.41, 5.74) is 3.59. The molecular weight excluding hydrogens is 512 g/mol. The van der Waals surface area contributed by atoms with Crippen LogP contribution in [0.5, 0.6) is 11.5 Å². The Hall–Kier alpha value is -4.92. The summed E-state index contributed by atoms with van der Waals surface area (Å²) in [6.07, 6.45) is 4.07. The molecule has 0 unspecified atom stereocenters. The van der Waals surface area contributed by atoms with Crippen molar-refractivity contribution in [2.24, 2.45) is 0 Å². The van der Waals surface area contributed by atoms with E-state index in [1.165, 1.54) is 32.3 Å². The highest BCUT2D eigenvalue weighted by Gasteiger charge is 2.12. The molecule has 0 aromatic heterocycles. The van der Waals surface area contributed by atoms with Gasteiger partial charge < -0.3 is 9.47 Å². The van der Waals surface area contributed by atoms with Crippen molar-refractivity contribution in [2.75, 3.05) is 13.2 Å². The second-order valence-electron chi connectivity index (χ2n) is 10.6. The lowest BCUT2D eigenvalue weighted by Gasteiger charge is -2.13. The van der Waals surface area contributed by atoms with E-state index in [2.05, 4.69) is 92.1 Å². The minimum Gasteiger partial charge on any atom is -0.492 e. The van der Waals surface area contributed by atoms with Crippen LogP contribution in [0.2, 0.25) is 0 Å². The van der Waals surface area contributed by atoms with Crippen LogP contribution in [-0.2, 0) is 0 Å². The van der Waals surface area contributed by atoms with Gasteiger partial charge in [0.15, 0.2) is 0 Å². The first kappa shape index (κ1) is 27.3. The number of benzene rings is 6. The number of hydrogen-bond donors (Lipinski definition) is 0. The van der Waals surface area contributed by atoms with Gasteiger partial charge in [0.05, 0.1) is 24.3 Å². The fourth-order valence-corrected chi connectivity index (χ4v) is 5.29. The highest BCUT2D eigenvalue weighted by Crippen LogP contribution is 2.36. The summed E-state index contributed by atoms with van der Waals surface area (Å²) in [6.45, 7) is 5.59. The van der Waals surface area contributed by atoms with Gasteiger partial charge in [-0.05, 0) is 63.4 Å². The number of ether oxygens (including phenoxy) is 2. The van der Waals surface area contributed by atoms with Crippen LogP contribution in [0, 0.1) is 23.7 Å². The summed E-state index contributed by atoms with van der Waals surface area (Å²) in [5.74, 6) is 15.1. The molecule has 0 aliphatic carbocycles. The maximum atomic E-state index is 6.29. The van der Waals surface area contributed by atoms with Crippen LogP contribution in [0.1, 0.15) is 61.8 Å². The average Bonchev–Trinajstić information content (AvgIpc) is 3.03. The Morgan fingerprint density at radius 1 is 0.500 bits per heavy atom. The van der Waals surface area contributed by atoms with Crippen molar-refractivity contribution in [3.63, 3.8) is 0 Å². The van der Waals surface area contributed by atoms with E-state index < -0.39 is 0 Å². The molecule has 0 aliphatic heterocycles. The fourth-order valence-electron chi connectivity index (χ4n) is 5.29. The lowest BCUT2D eigenvalue weighted by Crippen LogP contribution is -2.03. The van der Waals surface area contributed by atoms with E-state index in [0.29, 0.717) is 13.2 Å². The van der Waals surface area contributed by atoms with Crippen LogP contribution in [-0.4, -0.2) is 13.2 Å². The van der Waals surface area contributed by atoms with Crippen LogP contribution in [0.15, 0.2) is 97.1 Å². The van der Waals surface area contributed by atoms with Crippen molar-refractivity contribution >= 4 is 32.3 Å². The van der Waals surface area contributed by atoms with Gasteiger partial charge in [-0.1, -0.05) is 117 Å². The van der Waals surface area contributed by atoms with Gasteiger partial charge in [-0.3, -0.25) is 0 Å². The first-order valence-corrected chi connectivity index (χ1v) is 14.9. The molecule has 2 heteroatoms. The van der Waals surface area contributed by atoms with Crippen LogP contribution >= 0.6 is 0 Å². The molecule has 2 nitrogen and oxygen atoms in total. The molecule has 0 amide bonds. The van der Waals surface area contributed by atoms with E-state index >= 15 is 0 Å². The molecule has 0 aliphatic rings.